The normalized spacial score (nSPS) is 19.0. The summed E-state index contributed by atoms with van der Waals surface area (Å²) in [6.45, 7) is 0.447. The van der Waals surface area contributed by atoms with Crippen LogP contribution >= 0.6 is 0 Å². The van der Waals surface area contributed by atoms with Crippen LogP contribution in [-0.4, -0.2) is 21.9 Å². The maximum atomic E-state index is 12.0. The van der Waals surface area contributed by atoms with E-state index in [4.69, 9.17) is 5.73 Å². The Labute approximate surface area is 83.1 Å². The fourth-order valence-corrected chi connectivity index (χ4v) is 1.93. The summed E-state index contributed by atoms with van der Waals surface area (Å²) in [6.07, 6.45) is 6.35. The van der Waals surface area contributed by atoms with Crippen molar-refractivity contribution >= 4 is 5.78 Å². The fourth-order valence-electron chi connectivity index (χ4n) is 1.93. The zero-order chi connectivity index (χ0) is 10.2. The third-order valence-electron chi connectivity index (χ3n) is 3.12. The summed E-state index contributed by atoms with van der Waals surface area (Å²) in [6, 6.07) is 0. The van der Waals surface area contributed by atoms with Gasteiger partial charge >= 0.3 is 0 Å². The molecule has 0 radical (unpaired) electrons. The van der Waals surface area contributed by atoms with Crippen molar-refractivity contribution in [1.82, 2.24) is 9.55 Å². The molecule has 1 aromatic heterocycles. The highest BCUT2D eigenvalue weighted by atomic mass is 16.1. The van der Waals surface area contributed by atoms with E-state index >= 15 is 0 Å². The van der Waals surface area contributed by atoms with Gasteiger partial charge in [0.25, 0.3) is 0 Å². The molecule has 0 spiro atoms. The summed E-state index contributed by atoms with van der Waals surface area (Å²) in [4.78, 5) is 16.1. The Morgan fingerprint density at radius 3 is 2.79 bits per heavy atom. The molecule has 1 heterocycles. The smallest absolute Gasteiger partial charge is 0.190 e. The van der Waals surface area contributed by atoms with Gasteiger partial charge < -0.3 is 10.3 Å². The Hall–Kier alpha value is -1.16. The molecule has 14 heavy (non-hydrogen) atoms. The van der Waals surface area contributed by atoms with Crippen LogP contribution in [0, 0.1) is 5.41 Å². The Bertz CT molecular complexity index is 346. The number of Topliss-reactive ketones (excluding diaryl/α,β-unsaturated/α-hetero) is 1. The quantitative estimate of drug-likeness (QED) is 0.720. The van der Waals surface area contributed by atoms with Crippen molar-refractivity contribution < 1.29 is 4.79 Å². The number of hydrogen-bond donors (Lipinski definition) is 1. The molecule has 0 saturated heterocycles. The number of imidazole rings is 1. The third kappa shape index (κ3) is 1.26. The molecule has 2 rings (SSSR count). The first kappa shape index (κ1) is 9.40. The van der Waals surface area contributed by atoms with Crippen molar-refractivity contribution in [1.29, 1.82) is 0 Å². The summed E-state index contributed by atoms with van der Waals surface area (Å²) < 4.78 is 1.79. The van der Waals surface area contributed by atoms with E-state index in [1.54, 1.807) is 17.1 Å². The molecule has 1 aromatic rings. The first-order valence-corrected chi connectivity index (χ1v) is 4.91. The highest BCUT2D eigenvalue weighted by Crippen LogP contribution is 2.42. The average Bonchev–Trinajstić information content (AvgIpc) is 2.50. The van der Waals surface area contributed by atoms with Gasteiger partial charge in [0.05, 0.1) is 6.33 Å². The molecule has 76 valence electrons. The van der Waals surface area contributed by atoms with Gasteiger partial charge in [0.1, 0.15) is 5.69 Å². The summed E-state index contributed by atoms with van der Waals surface area (Å²) in [5.41, 5.74) is 5.91. The van der Waals surface area contributed by atoms with Crippen LogP contribution in [0.4, 0.5) is 0 Å². The second-order valence-electron chi connectivity index (χ2n) is 4.09. The summed E-state index contributed by atoms with van der Waals surface area (Å²) >= 11 is 0. The number of rotatable bonds is 3. The van der Waals surface area contributed by atoms with Crippen molar-refractivity contribution in [3.8, 4) is 0 Å². The van der Waals surface area contributed by atoms with Gasteiger partial charge in [0, 0.05) is 25.2 Å². The Morgan fingerprint density at radius 2 is 2.43 bits per heavy atom. The molecule has 0 atom stereocenters. The zero-order valence-corrected chi connectivity index (χ0v) is 8.36. The second-order valence-corrected chi connectivity index (χ2v) is 4.09. The molecule has 0 bridgehead atoms. The number of hydrogen-bond acceptors (Lipinski definition) is 3. The molecule has 1 aliphatic carbocycles. The number of aryl methyl sites for hydroxylation is 1. The van der Waals surface area contributed by atoms with E-state index in [9.17, 15) is 4.79 Å². The highest BCUT2D eigenvalue weighted by molar-refractivity contribution is 5.99. The van der Waals surface area contributed by atoms with Gasteiger partial charge in [0.15, 0.2) is 5.78 Å². The molecule has 1 saturated carbocycles. The minimum atomic E-state index is -0.297. The van der Waals surface area contributed by atoms with E-state index in [0.29, 0.717) is 12.2 Å². The molecule has 2 N–H and O–H groups in total. The molecule has 4 nitrogen and oxygen atoms in total. The number of carbonyl (C=O) groups is 1. The number of carbonyl (C=O) groups excluding carboxylic acids is 1. The van der Waals surface area contributed by atoms with E-state index in [-0.39, 0.29) is 11.2 Å². The van der Waals surface area contributed by atoms with Crippen molar-refractivity contribution in [3.05, 3.63) is 18.2 Å². The summed E-state index contributed by atoms with van der Waals surface area (Å²) in [5, 5.41) is 0. The monoisotopic (exact) mass is 193 g/mol. The van der Waals surface area contributed by atoms with Crippen molar-refractivity contribution in [2.75, 3.05) is 6.54 Å². The number of aromatic nitrogens is 2. The van der Waals surface area contributed by atoms with Crippen LogP contribution < -0.4 is 5.73 Å². The van der Waals surface area contributed by atoms with E-state index in [1.807, 2.05) is 7.05 Å². The Balaban J connectivity index is 2.23. The van der Waals surface area contributed by atoms with E-state index < -0.39 is 0 Å². The summed E-state index contributed by atoms with van der Waals surface area (Å²) in [5.74, 6) is 0.117. The standard InChI is InChI=1S/C10H15N3O/c1-13-5-8(12-7-13)9(14)10(6-11)3-2-4-10/h5,7H,2-4,6,11H2,1H3. The lowest BCUT2D eigenvalue weighted by Crippen LogP contribution is -2.44. The van der Waals surface area contributed by atoms with Crippen LogP contribution in [-0.2, 0) is 7.05 Å². The van der Waals surface area contributed by atoms with Crippen LogP contribution in [0.1, 0.15) is 29.8 Å². The predicted molar refractivity (Wildman–Crippen MR) is 52.9 cm³/mol. The van der Waals surface area contributed by atoms with Crippen LogP contribution in [0.25, 0.3) is 0 Å². The van der Waals surface area contributed by atoms with Gasteiger partial charge in [-0.15, -0.1) is 0 Å². The topological polar surface area (TPSA) is 60.9 Å². The largest absolute Gasteiger partial charge is 0.340 e. The lowest BCUT2D eigenvalue weighted by Gasteiger charge is -2.38. The molecular formula is C10H15N3O. The first-order valence-electron chi connectivity index (χ1n) is 4.91. The van der Waals surface area contributed by atoms with Gasteiger partial charge in [-0.3, -0.25) is 4.79 Å². The molecule has 0 unspecified atom stereocenters. The van der Waals surface area contributed by atoms with Crippen LogP contribution in [0.2, 0.25) is 0 Å². The SMILES string of the molecule is Cn1cnc(C(=O)C2(CN)CCC2)c1. The van der Waals surface area contributed by atoms with Gasteiger partial charge in [0.2, 0.25) is 0 Å². The van der Waals surface area contributed by atoms with Gasteiger partial charge in [-0.2, -0.15) is 0 Å². The minimum Gasteiger partial charge on any atom is -0.340 e. The van der Waals surface area contributed by atoms with E-state index in [2.05, 4.69) is 4.98 Å². The third-order valence-corrected chi connectivity index (χ3v) is 3.12. The maximum absolute atomic E-state index is 12.0. The number of ketones is 1. The van der Waals surface area contributed by atoms with Gasteiger partial charge in [-0.05, 0) is 12.8 Å². The fraction of sp³-hybridized carbons (Fsp3) is 0.600. The molecule has 4 heteroatoms. The van der Waals surface area contributed by atoms with Crippen LogP contribution in [0.15, 0.2) is 12.5 Å². The molecule has 1 aliphatic rings. The van der Waals surface area contributed by atoms with Crippen LogP contribution in [0.5, 0.6) is 0 Å². The lowest BCUT2D eigenvalue weighted by atomic mass is 9.65. The minimum absolute atomic E-state index is 0.117. The number of nitrogens with zero attached hydrogens (tertiary/aromatic N) is 2. The van der Waals surface area contributed by atoms with Crippen molar-refractivity contribution in [2.45, 2.75) is 19.3 Å². The average molecular weight is 193 g/mol. The molecule has 1 fully saturated rings. The van der Waals surface area contributed by atoms with Crippen molar-refractivity contribution in [3.63, 3.8) is 0 Å². The molecule has 0 aliphatic heterocycles. The first-order chi connectivity index (χ1) is 6.68. The summed E-state index contributed by atoms with van der Waals surface area (Å²) in [7, 11) is 1.86. The van der Waals surface area contributed by atoms with E-state index in [0.717, 1.165) is 19.3 Å². The number of nitrogens with two attached hydrogens (primary N) is 1. The highest BCUT2D eigenvalue weighted by Gasteiger charge is 2.43. The Morgan fingerprint density at radius 1 is 1.71 bits per heavy atom. The van der Waals surface area contributed by atoms with Crippen LogP contribution in [0.3, 0.4) is 0 Å². The molecule has 0 amide bonds. The second kappa shape index (κ2) is 3.20. The maximum Gasteiger partial charge on any atom is 0.190 e. The van der Waals surface area contributed by atoms with Gasteiger partial charge in [-0.1, -0.05) is 6.42 Å². The lowest BCUT2D eigenvalue weighted by molar-refractivity contribution is 0.0630. The Kier molecular flexibility index (Phi) is 2.15. The van der Waals surface area contributed by atoms with Gasteiger partial charge in [-0.25, -0.2) is 4.98 Å². The van der Waals surface area contributed by atoms with E-state index in [1.165, 1.54) is 0 Å². The molecule has 0 aromatic carbocycles. The molecular weight excluding hydrogens is 178 g/mol. The predicted octanol–water partition coefficient (Wildman–Crippen LogP) is 0.732. The van der Waals surface area contributed by atoms with Crippen molar-refractivity contribution in [2.24, 2.45) is 18.2 Å². The zero-order valence-electron chi connectivity index (χ0n) is 8.36.